The Morgan fingerprint density at radius 1 is 1.45 bits per heavy atom. The first-order valence-corrected chi connectivity index (χ1v) is 4.26. The normalized spacial score (nSPS) is 45.1. The largest absolute Gasteiger partial charge is 0.481 e. The van der Waals surface area contributed by atoms with Crippen LogP contribution < -0.4 is 0 Å². The van der Waals surface area contributed by atoms with Gasteiger partial charge in [-0.05, 0) is 30.1 Å². The lowest BCUT2D eigenvalue weighted by Gasteiger charge is -2.44. The summed E-state index contributed by atoms with van der Waals surface area (Å²) in [6.45, 7) is 4.41. The molecule has 3 rings (SSSR count). The number of rotatable bonds is 1. The predicted molar refractivity (Wildman–Crippen MR) is 41.1 cm³/mol. The summed E-state index contributed by atoms with van der Waals surface area (Å²) in [5.41, 5.74) is 0.322. The molecule has 0 aromatic rings. The highest BCUT2D eigenvalue weighted by atomic mass is 16.4. The summed E-state index contributed by atoms with van der Waals surface area (Å²) in [4.78, 5) is 10.7. The van der Waals surface area contributed by atoms with Crippen molar-refractivity contribution in [1.29, 1.82) is 0 Å². The van der Waals surface area contributed by atoms with Crippen LogP contribution in [-0.4, -0.2) is 11.1 Å². The van der Waals surface area contributed by atoms with Crippen molar-refractivity contribution in [1.82, 2.24) is 0 Å². The highest BCUT2D eigenvalue weighted by Crippen LogP contribution is 2.64. The number of carbonyl (C=O) groups is 1. The molecule has 0 aliphatic heterocycles. The van der Waals surface area contributed by atoms with Crippen LogP contribution in [0.25, 0.3) is 0 Å². The summed E-state index contributed by atoms with van der Waals surface area (Å²) < 4.78 is 0. The Balaban J connectivity index is 2.18. The molecule has 2 heteroatoms. The van der Waals surface area contributed by atoms with Crippen LogP contribution in [-0.2, 0) is 4.79 Å². The third-order valence-corrected chi connectivity index (χ3v) is 3.89. The molecule has 3 aliphatic rings. The van der Waals surface area contributed by atoms with Gasteiger partial charge in [0.25, 0.3) is 0 Å². The van der Waals surface area contributed by atoms with Gasteiger partial charge >= 0.3 is 5.97 Å². The maximum absolute atomic E-state index is 10.7. The van der Waals surface area contributed by atoms with Crippen LogP contribution in [0.5, 0.6) is 0 Å². The number of carboxylic acid groups (broad SMARTS) is 1. The number of hydrogen-bond donors (Lipinski definition) is 1. The Bertz CT molecular complexity index is 208. The first kappa shape index (κ1) is 7.14. The Morgan fingerprint density at radius 2 is 2.09 bits per heavy atom. The van der Waals surface area contributed by atoms with Crippen molar-refractivity contribution in [3.63, 3.8) is 0 Å². The van der Waals surface area contributed by atoms with E-state index in [4.69, 9.17) is 5.11 Å². The molecule has 0 unspecified atom stereocenters. The van der Waals surface area contributed by atoms with Gasteiger partial charge in [-0.25, -0.2) is 0 Å². The van der Waals surface area contributed by atoms with E-state index in [1.807, 2.05) is 0 Å². The first-order chi connectivity index (χ1) is 5.03. The van der Waals surface area contributed by atoms with Crippen LogP contribution in [0, 0.1) is 23.2 Å². The lowest BCUT2D eigenvalue weighted by molar-refractivity contribution is -0.144. The van der Waals surface area contributed by atoms with Gasteiger partial charge in [0.2, 0.25) is 0 Å². The molecule has 0 aromatic heterocycles. The minimum absolute atomic E-state index is 0.0324. The molecular weight excluding hydrogens is 140 g/mol. The van der Waals surface area contributed by atoms with E-state index in [9.17, 15) is 4.79 Å². The van der Waals surface area contributed by atoms with Crippen LogP contribution >= 0.6 is 0 Å². The summed E-state index contributed by atoms with van der Waals surface area (Å²) in [7, 11) is 0. The quantitative estimate of drug-likeness (QED) is 0.624. The summed E-state index contributed by atoms with van der Waals surface area (Å²) in [6, 6.07) is 0. The van der Waals surface area contributed by atoms with E-state index in [0.29, 0.717) is 17.3 Å². The first-order valence-electron chi connectivity index (χ1n) is 4.26. The van der Waals surface area contributed by atoms with Gasteiger partial charge in [0, 0.05) is 0 Å². The zero-order valence-electron chi connectivity index (χ0n) is 7.00. The fourth-order valence-corrected chi connectivity index (χ4v) is 2.88. The summed E-state index contributed by atoms with van der Waals surface area (Å²) >= 11 is 0. The van der Waals surface area contributed by atoms with Crippen molar-refractivity contribution in [3.05, 3.63) is 0 Å². The Labute approximate surface area is 66.6 Å². The minimum atomic E-state index is -0.580. The Hall–Kier alpha value is -0.530. The molecule has 2 nitrogen and oxygen atoms in total. The number of carboxylic acids is 1. The van der Waals surface area contributed by atoms with Crippen molar-refractivity contribution in [2.75, 3.05) is 0 Å². The van der Waals surface area contributed by atoms with Crippen LogP contribution in [0.3, 0.4) is 0 Å². The molecule has 3 fully saturated rings. The highest BCUT2D eigenvalue weighted by Gasteiger charge is 2.60. The van der Waals surface area contributed by atoms with E-state index < -0.39 is 5.97 Å². The average molecular weight is 154 g/mol. The van der Waals surface area contributed by atoms with Gasteiger partial charge in [-0.1, -0.05) is 13.8 Å². The van der Waals surface area contributed by atoms with E-state index in [-0.39, 0.29) is 5.92 Å². The van der Waals surface area contributed by atoms with Crippen molar-refractivity contribution in [3.8, 4) is 0 Å². The van der Waals surface area contributed by atoms with Gasteiger partial charge in [-0.3, -0.25) is 4.79 Å². The van der Waals surface area contributed by atoms with E-state index >= 15 is 0 Å². The molecule has 3 aliphatic carbocycles. The monoisotopic (exact) mass is 154 g/mol. The van der Waals surface area contributed by atoms with E-state index in [2.05, 4.69) is 13.8 Å². The average Bonchev–Trinajstić information content (AvgIpc) is 2.40. The molecule has 0 spiro atoms. The summed E-state index contributed by atoms with van der Waals surface area (Å²) in [5, 5.41) is 8.84. The highest BCUT2D eigenvalue weighted by molar-refractivity contribution is 5.71. The molecule has 0 aromatic carbocycles. The standard InChI is InChI=1S/C9H14O2/c1-9(2)5-3-6(8(10)11)7(9)4-5/h5-7H,3-4H2,1-2H3,(H,10,11)/t5-,6+,7-/m1/s1. The van der Waals surface area contributed by atoms with Crippen molar-refractivity contribution < 1.29 is 9.90 Å². The smallest absolute Gasteiger partial charge is 0.306 e. The zero-order valence-corrected chi connectivity index (χ0v) is 7.00. The van der Waals surface area contributed by atoms with E-state index in [1.165, 1.54) is 0 Å². The molecule has 0 heterocycles. The molecule has 0 radical (unpaired) electrons. The molecule has 62 valence electrons. The maximum Gasteiger partial charge on any atom is 0.306 e. The molecule has 11 heavy (non-hydrogen) atoms. The fourth-order valence-electron chi connectivity index (χ4n) is 2.88. The lowest BCUT2D eigenvalue weighted by Crippen LogP contribution is -2.39. The minimum Gasteiger partial charge on any atom is -0.481 e. The number of hydrogen-bond acceptors (Lipinski definition) is 1. The van der Waals surface area contributed by atoms with Gasteiger partial charge < -0.3 is 5.11 Å². The van der Waals surface area contributed by atoms with Crippen LogP contribution in [0.1, 0.15) is 26.7 Å². The molecule has 3 atom stereocenters. The van der Waals surface area contributed by atoms with Crippen LogP contribution in [0.15, 0.2) is 0 Å². The second-order valence-electron chi connectivity index (χ2n) is 4.54. The summed E-state index contributed by atoms with van der Waals surface area (Å²) in [6.07, 6.45) is 2.08. The van der Waals surface area contributed by atoms with E-state index in [0.717, 1.165) is 12.8 Å². The van der Waals surface area contributed by atoms with Crippen molar-refractivity contribution >= 4 is 5.97 Å². The molecule has 2 bridgehead atoms. The second kappa shape index (κ2) is 1.79. The predicted octanol–water partition coefficient (Wildman–Crippen LogP) is 1.75. The summed E-state index contributed by atoms with van der Waals surface area (Å²) in [5.74, 6) is 0.539. The van der Waals surface area contributed by atoms with Gasteiger partial charge in [0.05, 0.1) is 5.92 Å². The molecule has 1 N–H and O–H groups in total. The van der Waals surface area contributed by atoms with Gasteiger partial charge in [-0.2, -0.15) is 0 Å². The van der Waals surface area contributed by atoms with Crippen LogP contribution in [0.4, 0.5) is 0 Å². The van der Waals surface area contributed by atoms with E-state index in [1.54, 1.807) is 0 Å². The topological polar surface area (TPSA) is 37.3 Å². The molecule has 0 saturated heterocycles. The number of fused-ring (bicyclic) bond motifs is 1. The third-order valence-electron chi connectivity index (χ3n) is 3.89. The zero-order chi connectivity index (χ0) is 8.22. The van der Waals surface area contributed by atoms with Gasteiger partial charge in [0.1, 0.15) is 0 Å². The molecule has 0 amide bonds. The lowest BCUT2D eigenvalue weighted by atomic mass is 9.60. The molecule has 3 saturated carbocycles. The Morgan fingerprint density at radius 3 is 2.27 bits per heavy atom. The Kier molecular flexibility index (Phi) is 1.16. The van der Waals surface area contributed by atoms with Gasteiger partial charge in [0.15, 0.2) is 0 Å². The van der Waals surface area contributed by atoms with Crippen molar-refractivity contribution in [2.24, 2.45) is 23.2 Å². The second-order valence-corrected chi connectivity index (χ2v) is 4.54. The number of aliphatic carboxylic acids is 1. The van der Waals surface area contributed by atoms with Gasteiger partial charge in [-0.15, -0.1) is 0 Å². The SMILES string of the molecule is CC1(C)[C@@H]2C[C@H](C(=O)O)[C@H]1C2. The molecular formula is C9H14O2. The fraction of sp³-hybridized carbons (Fsp3) is 0.889. The van der Waals surface area contributed by atoms with Crippen LogP contribution in [0.2, 0.25) is 0 Å². The van der Waals surface area contributed by atoms with Crippen molar-refractivity contribution in [2.45, 2.75) is 26.7 Å². The third kappa shape index (κ3) is 0.700. The maximum atomic E-state index is 10.7.